The van der Waals surface area contributed by atoms with Gasteiger partial charge in [-0.2, -0.15) is 0 Å². The van der Waals surface area contributed by atoms with Crippen LogP contribution in [0.3, 0.4) is 0 Å². The van der Waals surface area contributed by atoms with Gasteiger partial charge in [0.25, 0.3) is 0 Å². The molecule has 1 saturated heterocycles. The van der Waals surface area contributed by atoms with Gasteiger partial charge in [-0.1, -0.05) is 12.1 Å². The van der Waals surface area contributed by atoms with Crippen molar-refractivity contribution in [2.75, 3.05) is 26.8 Å². The zero-order valence-corrected chi connectivity index (χ0v) is 11.3. The molecule has 4 heteroatoms. The van der Waals surface area contributed by atoms with Crippen LogP contribution in [0, 0.1) is 5.92 Å². The summed E-state index contributed by atoms with van der Waals surface area (Å²) in [4.78, 5) is 13.3. The SMILES string of the molecule is COCC1CCCN(Cc2cccc(C(=O)O)c2)C1. The number of nitrogens with zero attached hydrogens (tertiary/aromatic N) is 1. The van der Waals surface area contributed by atoms with Crippen molar-refractivity contribution in [3.8, 4) is 0 Å². The van der Waals surface area contributed by atoms with E-state index in [1.54, 1.807) is 19.2 Å². The van der Waals surface area contributed by atoms with Gasteiger partial charge in [0, 0.05) is 20.2 Å². The minimum atomic E-state index is -0.863. The van der Waals surface area contributed by atoms with Gasteiger partial charge in [-0.15, -0.1) is 0 Å². The summed E-state index contributed by atoms with van der Waals surface area (Å²) in [5.74, 6) is -0.265. The van der Waals surface area contributed by atoms with E-state index in [0.717, 1.165) is 31.8 Å². The molecule has 1 aliphatic heterocycles. The summed E-state index contributed by atoms with van der Waals surface area (Å²) in [7, 11) is 1.75. The fourth-order valence-electron chi connectivity index (χ4n) is 2.73. The molecule has 0 bridgehead atoms. The Morgan fingerprint density at radius 2 is 2.37 bits per heavy atom. The van der Waals surface area contributed by atoms with Crippen LogP contribution in [-0.2, 0) is 11.3 Å². The van der Waals surface area contributed by atoms with Crippen molar-refractivity contribution in [1.82, 2.24) is 4.90 Å². The third-order valence-corrected chi connectivity index (χ3v) is 3.59. The molecule has 1 fully saturated rings. The van der Waals surface area contributed by atoms with E-state index in [0.29, 0.717) is 11.5 Å². The maximum absolute atomic E-state index is 11.0. The molecule has 2 rings (SSSR count). The van der Waals surface area contributed by atoms with Crippen LogP contribution in [-0.4, -0.2) is 42.8 Å². The quantitative estimate of drug-likeness (QED) is 0.885. The van der Waals surface area contributed by atoms with Gasteiger partial charge in [-0.3, -0.25) is 4.90 Å². The van der Waals surface area contributed by atoms with Crippen molar-refractivity contribution in [2.45, 2.75) is 19.4 Å². The average molecular weight is 263 g/mol. The highest BCUT2D eigenvalue weighted by atomic mass is 16.5. The van der Waals surface area contributed by atoms with Crippen LogP contribution in [0.25, 0.3) is 0 Å². The van der Waals surface area contributed by atoms with Crippen LogP contribution in [0.1, 0.15) is 28.8 Å². The van der Waals surface area contributed by atoms with E-state index >= 15 is 0 Å². The summed E-state index contributed by atoms with van der Waals surface area (Å²) in [6.07, 6.45) is 2.41. The molecule has 0 radical (unpaired) electrons. The molecular weight excluding hydrogens is 242 g/mol. The number of benzene rings is 1. The predicted molar refractivity (Wildman–Crippen MR) is 73.3 cm³/mol. The summed E-state index contributed by atoms with van der Waals surface area (Å²) >= 11 is 0. The molecule has 1 N–H and O–H groups in total. The molecule has 0 spiro atoms. The van der Waals surface area contributed by atoms with E-state index in [1.807, 2.05) is 12.1 Å². The van der Waals surface area contributed by atoms with Crippen molar-refractivity contribution in [3.63, 3.8) is 0 Å². The fourth-order valence-corrected chi connectivity index (χ4v) is 2.73. The van der Waals surface area contributed by atoms with Crippen LogP contribution in [0.2, 0.25) is 0 Å². The predicted octanol–water partition coefficient (Wildman–Crippen LogP) is 2.24. The number of likely N-dealkylation sites (tertiary alicyclic amines) is 1. The third kappa shape index (κ3) is 4.04. The lowest BCUT2D eigenvalue weighted by atomic mass is 9.98. The standard InChI is InChI=1S/C15H21NO3/c1-19-11-13-5-3-7-16(10-13)9-12-4-2-6-14(8-12)15(17)18/h2,4,6,8,13H,3,5,7,9-11H2,1H3,(H,17,18). The molecule has 1 aliphatic rings. The van der Waals surface area contributed by atoms with Crippen LogP contribution in [0.4, 0.5) is 0 Å². The number of hydrogen-bond donors (Lipinski definition) is 1. The molecule has 1 atom stereocenters. The zero-order valence-electron chi connectivity index (χ0n) is 11.3. The lowest BCUT2D eigenvalue weighted by molar-refractivity contribution is 0.0696. The fraction of sp³-hybridized carbons (Fsp3) is 0.533. The van der Waals surface area contributed by atoms with Gasteiger partial charge in [0.1, 0.15) is 0 Å². The molecule has 104 valence electrons. The number of methoxy groups -OCH3 is 1. The molecule has 0 aromatic heterocycles. The second kappa shape index (κ2) is 6.68. The van der Waals surface area contributed by atoms with Crippen molar-refractivity contribution in [3.05, 3.63) is 35.4 Å². The van der Waals surface area contributed by atoms with Crippen LogP contribution < -0.4 is 0 Å². The molecule has 0 aliphatic carbocycles. The number of aromatic carboxylic acids is 1. The van der Waals surface area contributed by atoms with E-state index in [-0.39, 0.29) is 0 Å². The first-order valence-electron chi connectivity index (χ1n) is 6.72. The third-order valence-electron chi connectivity index (χ3n) is 3.59. The molecule has 1 heterocycles. The number of carboxylic acid groups (broad SMARTS) is 1. The Kier molecular flexibility index (Phi) is 4.93. The molecule has 4 nitrogen and oxygen atoms in total. The summed E-state index contributed by atoms with van der Waals surface area (Å²) < 4.78 is 5.23. The van der Waals surface area contributed by atoms with E-state index in [4.69, 9.17) is 9.84 Å². The summed E-state index contributed by atoms with van der Waals surface area (Å²) in [5, 5.41) is 9.00. The molecule has 0 amide bonds. The second-order valence-electron chi connectivity index (χ2n) is 5.20. The highest BCUT2D eigenvalue weighted by Gasteiger charge is 2.19. The Morgan fingerprint density at radius 1 is 1.53 bits per heavy atom. The number of rotatable bonds is 5. The topological polar surface area (TPSA) is 49.8 Å². The minimum Gasteiger partial charge on any atom is -0.478 e. The lowest BCUT2D eigenvalue weighted by Gasteiger charge is -2.32. The van der Waals surface area contributed by atoms with Crippen molar-refractivity contribution in [1.29, 1.82) is 0 Å². The highest BCUT2D eigenvalue weighted by molar-refractivity contribution is 5.87. The zero-order chi connectivity index (χ0) is 13.7. The Hall–Kier alpha value is -1.39. The van der Waals surface area contributed by atoms with E-state index < -0.39 is 5.97 Å². The Morgan fingerprint density at radius 3 is 3.11 bits per heavy atom. The first-order chi connectivity index (χ1) is 9.19. The normalized spacial score (nSPS) is 20.4. The van der Waals surface area contributed by atoms with Gasteiger partial charge >= 0.3 is 5.97 Å². The number of piperidine rings is 1. The second-order valence-corrected chi connectivity index (χ2v) is 5.20. The minimum absolute atomic E-state index is 0.364. The van der Waals surface area contributed by atoms with Gasteiger partial charge in [-0.25, -0.2) is 4.79 Å². The first-order valence-corrected chi connectivity index (χ1v) is 6.72. The smallest absolute Gasteiger partial charge is 0.335 e. The van der Waals surface area contributed by atoms with Crippen LogP contribution in [0.15, 0.2) is 24.3 Å². The summed E-state index contributed by atoms with van der Waals surface area (Å²) in [6.45, 7) is 3.75. The molecule has 1 aromatic carbocycles. The van der Waals surface area contributed by atoms with Crippen molar-refractivity contribution >= 4 is 5.97 Å². The number of ether oxygens (including phenoxy) is 1. The van der Waals surface area contributed by atoms with E-state index in [9.17, 15) is 4.79 Å². The largest absolute Gasteiger partial charge is 0.478 e. The Bertz CT molecular complexity index is 431. The van der Waals surface area contributed by atoms with Crippen molar-refractivity contribution < 1.29 is 14.6 Å². The Labute approximate surface area is 114 Å². The molecule has 1 aromatic rings. The number of hydrogen-bond acceptors (Lipinski definition) is 3. The van der Waals surface area contributed by atoms with Crippen LogP contribution >= 0.6 is 0 Å². The van der Waals surface area contributed by atoms with Gasteiger partial charge in [-0.05, 0) is 43.0 Å². The average Bonchev–Trinajstić information content (AvgIpc) is 2.40. The Balaban J connectivity index is 1.96. The monoisotopic (exact) mass is 263 g/mol. The summed E-state index contributed by atoms with van der Waals surface area (Å²) in [6, 6.07) is 7.21. The maximum Gasteiger partial charge on any atom is 0.335 e. The maximum atomic E-state index is 11.0. The highest BCUT2D eigenvalue weighted by Crippen LogP contribution is 2.19. The molecule has 1 unspecified atom stereocenters. The number of carboxylic acids is 1. The van der Waals surface area contributed by atoms with Gasteiger partial charge in [0.15, 0.2) is 0 Å². The van der Waals surface area contributed by atoms with Gasteiger partial charge < -0.3 is 9.84 Å². The van der Waals surface area contributed by atoms with Crippen molar-refractivity contribution in [2.24, 2.45) is 5.92 Å². The first kappa shape index (κ1) is 14.0. The van der Waals surface area contributed by atoms with E-state index in [2.05, 4.69) is 4.90 Å². The lowest BCUT2D eigenvalue weighted by Crippen LogP contribution is -2.36. The number of carbonyl (C=O) groups is 1. The van der Waals surface area contributed by atoms with Crippen LogP contribution in [0.5, 0.6) is 0 Å². The van der Waals surface area contributed by atoms with Gasteiger partial charge in [0.2, 0.25) is 0 Å². The van der Waals surface area contributed by atoms with Gasteiger partial charge in [0.05, 0.1) is 12.2 Å². The molecule has 0 saturated carbocycles. The molecular formula is C15H21NO3. The van der Waals surface area contributed by atoms with E-state index in [1.165, 1.54) is 12.8 Å². The molecule has 19 heavy (non-hydrogen) atoms. The summed E-state index contributed by atoms with van der Waals surface area (Å²) in [5.41, 5.74) is 1.43.